The quantitative estimate of drug-likeness (QED) is 0.441. The lowest BCUT2D eigenvalue weighted by molar-refractivity contribution is 0.0925. The zero-order chi connectivity index (χ0) is 22.1. The topological polar surface area (TPSA) is 88.6 Å². The van der Waals surface area contributed by atoms with Gasteiger partial charge in [0.2, 0.25) is 0 Å². The smallest absolute Gasteiger partial charge is 0.266 e. The standard InChI is InChI=1S/C24H15N3O4S/c28-21(26-24-25-12-13-32-24)15-6-11-19-20(14-15)23(30)27(22(19)29)16-7-9-18(10-8-16)31-17-4-2-1-3-5-17/h1-14H,(H,25,26,28). The van der Waals surface area contributed by atoms with E-state index >= 15 is 0 Å². The van der Waals surface area contributed by atoms with E-state index in [2.05, 4.69) is 10.3 Å². The van der Waals surface area contributed by atoms with E-state index in [1.807, 2.05) is 30.3 Å². The number of hydrogen-bond donors (Lipinski definition) is 1. The number of nitrogens with zero attached hydrogens (tertiary/aromatic N) is 2. The molecule has 1 aromatic heterocycles. The van der Waals surface area contributed by atoms with Crippen molar-refractivity contribution in [3.63, 3.8) is 0 Å². The molecular weight excluding hydrogens is 426 g/mol. The molecule has 0 bridgehead atoms. The van der Waals surface area contributed by atoms with Crippen LogP contribution in [-0.4, -0.2) is 22.7 Å². The minimum Gasteiger partial charge on any atom is -0.457 e. The van der Waals surface area contributed by atoms with E-state index in [0.717, 1.165) is 4.90 Å². The highest BCUT2D eigenvalue weighted by molar-refractivity contribution is 7.13. The molecule has 0 unspecified atom stereocenters. The van der Waals surface area contributed by atoms with Crippen LogP contribution in [0, 0.1) is 0 Å². The second-order valence-corrected chi connectivity index (χ2v) is 7.80. The Morgan fingerprint density at radius 1 is 0.875 bits per heavy atom. The van der Waals surface area contributed by atoms with Gasteiger partial charge in [0.25, 0.3) is 17.7 Å². The van der Waals surface area contributed by atoms with Gasteiger partial charge in [0, 0.05) is 17.1 Å². The fourth-order valence-corrected chi connectivity index (χ4v) is 3.88. The van der Waals surface area contributed by atoms with E-state index in [9.17, 15) is 14.4 Å². The summed E-state index contributed by atoms with van der Waals surface area (Å²) in [4.78, 5) is 43.5. The number of hydrogen-bond acceptors (Lipinski definition) is 6. The Bertz CT molecular complexity index is 1320. The second-order valence-electron chi connectivity index (χ2n) is 6.91. The summed E-state index contributed by atoms with van der Waals surface area (Å²) in [6, 6.07) is 20.4. The van der Waals surface area contributed by atoms with Gasteiger partial charge in [-0.05, 0) is 54.6 Å². The van der Waals surface area contributed by atoms with Crippen LogP contribution in [0.1, 0.15) is 31.1 Å². The largest absolute Gasteiger partial charge is 0.457 e. The van der Waals surface area contributed by atoms with Gasteiger partial charge in [0.05, 0.1) is 16.8 Å². The molecule has 2 heterocycles. The first-order valence-corrected chi connectivity index (χ1v) is 10.5. The first kappa shape index (κ1) is 19.7. The second kappa shape index (κ2) is 8.09. The number of para-hydroxylation sites is 1. The number of ether oxygens (including phenoxy) is 1. The molecular formula is C24H15N3O4S. The van der Waals surface area contributed by atoms with Crippen molar-refractivity contribution in [2.24, 2.45) is 0 Å². The molecule has 32 heavy (non-hydrogen) atoms. The number of carbonyl (C=O) groups is 3. The summed E-state index contributed by atoms with van der Waals surface area (Å²) in [5, 5.41) is 4.87. The Balaban J connectivity index is 1.37. The first-order valence-electron chi connectivity index (χ1n) is 9.67. The molecule has 1 N–H and O–H groups in total. The molecule has 3 aromatic carbocycles. The number of fused-ring (bicyclic) bond motifs is 1. The van der Waals surface area contributed by atoms with E-state index in [-0.39, 0.29) is 16.7 Å². The van der Waals surface area contributed by atoms with Crippen LogP contribution in [0.5, 0.6) is 11.5 Å². The average molecular weight is 441 g/mol. The fourth-order valence-electron chi connectivity index (χ4n) is 3.36. The van der Waals surface area contributed by atoms with Gasteiger partial charge in [-0.3, -0.25) is 19.7 Å². The number of imide groups is 1. The van der Waals surface area contributed by atoms with Crippen LogP contribution in [0.15, 0.2) is 84.4 Å². The number of carbonyl (C=O) groups excluding carboxylic acids is 3. The summed E-state index contributed by atoms with van der Waals surface area (Å²) in [6.45, 7) is 0. The van der Waals surface area contributed by atoms with Crippen molar-refractivity contribution in [2.45, 2.75) is 0 Å². The van der Waals surface area contributed by atoms with E-state index in [1.165, 1.54) is 29.5 Å². The van der Waals surface area contributed by atoms with Crippen molar-refractivity contribution < 1.29 is 19.1 Å². The Morgan fingerprint density at radius 3 is 2.31 bits per heavy atom. The predicted molar refractivity (Wildman–Crippen MR) is 121 cm³/mol. The van der Waals surface area contributed by atoms with Crippen molar-refractivity contribution in [1.29, 1.82) is 0 Å². The molecule has 8 heteroatoms. The SMILES string of the molecule is O=C(Nc1nccs1)c1ccc2c(c1)C(=O)N(c1ccc(Oc3ccccc3)cc1)C2=O. The number of aromatic nitrogens is 1. The van der Waals surface area contributed by atoms with E-state index in [0.29, 0.717) is 22.3 Å². The number of rotatable bonds is 5. The number of anilines is 2. The lowest BCUT2D eigenvalue weighted by Gasteiger charge is -2.14. The van der Waals surface area contributed by atoms with Gasteiger partial charge in [-0.1, -0.05) is 18.2 Å². The average Bonchev–Trinajstić information content (AvgIpc) is 3.41. The minimum absolute atomic E-state index is 0.186. The number of benzene rings is 3. The Kier molecular flexibility index (Phi) is 4.97. The molecule has 0 atom stereocenters. The van der Waals surface area contributed by atoms with Crippen LogP contribution in [0.4, 0.5) is 10.8 Å². The number of thiazole rings is 1. The molecule has 4 aromatic rings. The maximum Gasteiger partial charge on any atom is 0.266 e. The molecule has 156 valence electrons. The van der Waals surface area contributed by atoms with Crippen LogP contribution < -0.4 is 15.0 Å². The Labute approximate surface area is 186 Å². The third-order valence-electron chi connectivity index (χ3n) is 4.88. The van der Waals surface area contributed by atoms with E-state index in [1.54, 1.807) is 35.8 Å². The molecule has 0 spiro atoms. The summed E-state index contributed by atoms with van der Waals surface area (Å²) >= 11 is 1.29. The van der Waals surface area contributed by atoms with Gasteiger partial charge >= 0.3 is 0 Å². The zero-order valence-electron chi connectivity index (χ0n) is 16.5. The van der Waals surface area contributed by atoms with Gasteiger partial charge in [-0.25, -0.2) is 9.88 Å². The summed E-state index contributed by atoms with van der Waals surface area (Å²) in [6.07, 6.45) is 1.58. The highest BCUT2D eigenvalue weighted by Gasteiger charge is 2.37. The van der Waals surface area contributed by atoms with Crippen molar-refractivity contribution >= 4 is 39.9 Å². The molecule has 0 saturated carbocycles. The van der Waals surface area contributed by atoms with Gasteiger partial charge in [-0.15, -0.1) is 11.3 Å². The van der Waals surface area contributed by atoms with Crippen LogP contribution in [0.3, 0.4) is 0 Å². The maximum absolute atomic E-state index is 13.0. The number of nitrogens with one attached hydrogen (secondary N) is 1. The molecule has 1 aliphatic heterocycles. The fraction of sp³-hybridized carbons (Fsp3) is 0. The molecule has 0 radical (unpaired) electrons. The monoisotopic (exact) mass is 441 g/mol. The molecule has 0 saturated heterocycles. The lowest BCUT2D eigenvalue weighted by Crippen LogP contribution is -2.29. The van der Waals surface area contributed by atoms with Crippen LogP contribution in [-0.2, 0) is 0 Å². The van der Waals surface area contributed by atoms with Crippen molar-refractivity contribution in [3.05, 3.63) is 101 Å². The Hall–Kier alpha value is -4.30. The van der Waals surface area contributed by atoms with Gasteiger partial charge in [0.1, 0.15) is 11.5 Å². The van der Waals surface area contributed by atoms with E-state index in [4.69, 9.17) is 4.74 Å². The van der Waals surface area contributed by atoms with Crippen molar-refractivity contribution in [2.75, 3.05) is 10.2 Å². The summed E-state index contributed by atoms with van der Waals surface area (Å²) in [5.41, 5.74) is 1.13. The Morgan fingerprint density at radius 2 is 1.59 bits per heavy atom. The van der Waals surface area contributed by atoms with Gasteiger partial charge in [-0.2, -0.15) is 0 Å². The first-order chi connectivity index (χ1) is 15.6. The lowest BCUT2D eigenvalue weighted by atomic mass is 10.1. The van der Waals surface area contributed by atoms with Crippen molar-refractivity contribution in [3.8, 4) is 11.5 Å². The van der Waals surface area contributed by atoms with Crippen LogP contribution >= 0.6 is 11.3 Å². The predicted octanol–water partition coefficient (Wildman–Crippen LogP) is 4.99. The molecule has 0 fully saturated rings. The number of amides is 3. The third-order valence-corrected chi connectivity index (χ3v) is 5.56. The van der Waals surface area contributed by atoms with Crippen molar-refractivity contribution in [1.82, 2.24) is 4.98 Å². The molecule has 3 amide bonds. The molecule has 5 rings (SSSR count). The minimum atomic E-state index is -0.481. The van der Waals surface area contributed by atoms with Gasteiger partial charge < -0.3 is 4.74 Å². The van der Waals surface area contributed by atoms with E-state index < -0.39 is 17.7 Å². The van der Waals surface area contributed by atoms with Crippen LogP contribution in [0.2, 0.25) is 0 Å². The highest BCUT2D eigenvalue weighted by Crippen LogP contribution is 2.31. The molecule has 7 nitrogen and oxygen atoms in total. The third kappa shape index (κ3) is 3.63. The normalized spacial score (nSPS) is 12.6. The van der Waals surface area contributed by atoms with Gasteiger partial charge in [0.15, 0.2) is 5.13 Å². The highest BCUT2D eigenvalue weighted by atomic mass is 32.1. The summed E-state index contributed by atoms with van der Waals surface area (Å²) < 4.78 is 5.76. The molecule has 0 aliphatic carbocycles. The summed E-state index contributed by atoms with van der Waals surface area (Å²) in [7, 11) is 0. The zero-order valence-corrected chi connectivity index (χ0v) is 17.3. The maximum atomic E-state index is 13.0. The summed E-state index contributed by atoms with van der Waals surface area (Å²) in [5.74, 6) is -0.0506. The van der Waals surface area contributed by atoms with Crippen LogP contribution in [0.25, 0.3) is 0 Å². The molecule has 1 aliphatic rings.